The van der Waals surface area contributed by atoms with Crippen LogP contribution in [0.1, 0.15) is 25.3 Å². The van der Waals surface area contributed by atoms with Gasteiger partial charge in [-0.1, -0.05) is 26.0 Å². The number of anilines is 2. The van der Waals surface area contributed by atoms with E-state index in [2.05, 4.69) is 24.5 Å². The molecule has 24 heavy (non-hydrogen) atoms. The molecular weight excluding hydrogens is 304 g/mol. The van der Waals surface area contributed by atoms with Crippen LogP contribution in [0.15, 0.2) is 42.5 Å². The SMILES string of the molecule is CC(C)c1ccc(NC(=O)CNc2ccc3c(c2)OCCO3)cc1. The number of fused-ring (bicyclic) bond motifs is 1. The number of rotatable bonds is 5. The molecule has 0 spiro atoms. The lowest BCUT2D eigenvalue weighted by Crippen LogP contribution is -2.22. The molecule has 5 heteroatoms. The van der Waals surface area contributed by atoms with Crippen molar-refractivity contribution < 1.29 is 14.3 Å². The second-order valence-corrected chi connectivity index (χ2v) is 6.04. The summed E-state index contributed by atoms with van der Waals surface area (Å²) in [4.78, 5) is 12.1. The van der Waals surface area contributed by atoms with Crippen molar-refractivity contribution >= 4 is 17.3 Å². The molecule has 1 amide bonds. The molecule has 2 aromatic carbocycles. The number of benzene rings is 2. The summed E-state index contributed by atoms with van der Waals surface area (Å²) in [6.07, 6.45) is 0. The Kier molecular flexibility index (Phi) is 4.89. The highest BCUT2D eigenvalue weighted by atomic mass is 16.6. The smallest absolute Gasteiger partial charge is 0.243 e. The highest BCUT2D eigenvalue weighted by molar-refractivity contribution is 5.93. The van der Waals surface area contributed by atoms with Gasteiger partial charge >= 0.3 is 0 Å². The van der Waals surface area contributed by atoms with Crippen LogP contribution >= 0.6 is 0 Å². The molecular formula is C19H22N2O3. The quantitative estimate of drug-likeness (QED) is 0.881. The first-order valence-electron chi connectivity index (χ1n) is 8.15. The maximum Gasteiger partial charge on any atom is 0.243 e. The minimum atomic E-state index is -0.0952. The Balaban J connectivity index is 1.53. The zero-order valence-corrected chi connectivity index (χ0v) is 14.0. The standard InChI is InChI=1S/C19H22N2O3/c1-13(2)14-3-5-15(6-4-14)21-19(22)12-20-16-7-8-17-18(11-16)24-10-9-23-17/h3-8,11,13,20H,9-10,12H2,1-2H3,(H,21,22). The molecule has 0 bridgehead atoms. The van der Waals surface area contributed by atoms with Crippen LogP contribution in [-0.4, -0.2) is 25.7 Å². The minimum Gasteiger partial charge on any atom is -0.486 e. The van der Waals surface area contributed by atoms with E-state index in [1.165, 1.54) is 5.56 Å². The lowest BCUT2D eigenvalue weighted by Gasteiger charge is -2.19. The third-order valence-corrected chi connectivity index (χ3v) is 3.86. The zero-order valence-electron chi connectivity index (χ0n) is 14.0. The van der Waals surface area contributed by atoms with Crippen LogP contribution < -0.4 is 20.1 Å². The molecule has 1 aliphatic rings. The van der Waals surface area contributed by atoms with E-state index >= 15 is 0 Å². The third-order valence-electron chi connectivity index (χ3n) is 3.86. The molecule has 126 valence electrons. The molecule has 0 saturated heterocycles. The molecule has 0 unspecified atom stereocenters. The molecule has 2 aromatic rings. The summed E-state index contributed by atoms with van der Waals surface area (Å²) in [5.74, 6) is 1.83. The lowest BCUT2D eigenvalue weighted by atomic mass is 10.0. The Morgan fingerprint density at radius 3 is 2.38 bits per heavy atom. The zero-order chi connectivity index (χ0) is 16.9. The summed E-state index contributed by atoms with van der Waals surface area (Å²) in [5, 5.41) is 5.98. The first-order valence-corrected chi connectivity index (χ1v) is 8.15. The summed E-state index contributed by atoms with van der Waals surface area (Å²) in [6, 6.07) is 13.5. The van der Waals surface area contributed by atoms with Gasteiger partial charge in [0.2, 0.25) is 5.91 Å². The lowest BCUT2D eigenvalue weighted by molar-refractivity contribution is -0.114. The number of nitrogens with one attached hydrogen (secondary N) is 2. The highest BCUT2D eigenvalue weighted by Gasteiger charge is 2.12. The van der Waals surface area contributed by atoms with Gasteiger partial charge in [-0.2, -0.15) is 0 Å². The Labute approximate surface area is 142 Å². The average molecular weight is 326 g/mol. The van der Waals surface area contributed by atoms with Crippen LogP contribution in [0.5, 0.6) is 11.5 Å². The van der Waals surface area contributed by atoms with Gasteiger partial charge in [-0.25, -0.2) is 0 Å². The second-order valence-electron chi connectivity index (χ2n) is 6.04. The fourth-order valence-electron chi connectivity index (χ4n) is 2.49. The number of hydrogen-bond acceptors (Lipinski definition) is 4. The van der Waals surface area contributed by atoms with Crippen LogP contribution in [0.4, 0.5) is 11.4 Å². The molecule has 0 aromatic heterocycles. The molecule has 0 fully saturated rings. The maximum absolute atomic E-state index is 12.1. The number of carbonyl (C=O) groups is 1. The monoisotopic (exact) mass is 326 g/mol. The van der Waals surface area contributed by atoms with Crippen LogP contribution in [0.25, 0.3) is 0 Å². The van der Waals surface area contributed by atoms with Gasteiger partial charge in [-0.3, -0.25) is 4.79 Å². The third kappa shape index (κ3) is 3.98. The van der Waals surface area contributed by atoms with E-state index in [4.69, 9.17) is 9.47 Å². The molecule has 0 radical (unpaired) electrons. The van der Waals surface area contributed by atoms with Crippen molar-refractivity contribution in [2.75, 3.05) is 30.4 Å². The number of amides is 1. The molecule has 0 atom stereocenters. The predicted molar refractivity (Wildman–Crippen MR) is 95.1 cm³/mol. The van der Waals surface area contributed by atoms with E-state index in [-0.39, 0.29) is 12.5 Å². The van der Waals surface area contributed by atoms with Gasteiger partial charge in [0, 0.05) is 17.4 Å². The summed E-state index contributed by atoms with van der Waals surface area (Å²) in [7, 11) is 0. The predicted octanol–water partition coefficient (Wildman–Crippen LogP) is 3.63. The van der Waals surface area contributed by atoms with Gasteiger partial charge in [-0.15, -0.1) is 0 Å². The van der Waals surface area contributed by atoms with E-state index in [9.17, 15) is 4.79 Å². The van der Waals surface area contributed by atoms with Crippen molar-refractivity contribution in [3.63, 3.8) is 0 Å². The molecule has 2 N–H and O–H groups in total. The van der Waals surface area contributed by atoms with Crippen molar-refractivity contribution in [2.24, 2.45) is 0 Å². The minimum absolute atomic E-state index is 0.0952. The van der Waals surface area contributed by atoms with E-state index in [0.717, 1.165) is 17.1 Å². The Hall–Kier alpha value is -2.69. The summed E-state index contributed by atoms with van der Waals surface area (Å²) in [5.41, 5.74) is 2.88. The van der Waals surface area contributed by atoms with Crippen LogP contribution in [0.3, 0.4) is 0 Å². The Morgan fingerprint density at radius 1 is 1.00 bits per heavy atom. The number of carbonyl (C=O) groups excluding carboxylic acids is 1. The van der Waals surface area contributed by atoms with E-state index < -0.39 is 0 Å². The summed E-state index contributed by atoms with van der Waals surface area (Å²) in [6.45, 7) is 5.59. The van der Waals surface area contributed by atoms with Gasteiger partial charge in [-0.05, 0) is 35.7 Å². The maximum atomic E-state index is 12.1. The molecule has 3 rings (SSSR count). The summed E-state index contributed by atoms with van der Waals surface area (Å²) >= 11 is 0. The highest BCUT2D eigenvalue weighted by Crippen LogP contribution is 2.32. The van der Waals surface area contributed by atoms with Gasteiger partial charge in [0.1, 0.15) is 13.2 Å². The van der Waals surface area contributed by atoms with Crippen LogP contribution in [-0.2, 0) is 4.79 Å². The van der Waals surface area contributed by atoms with Crippen LogP contribution in [0, 0.1) is 0 Å². The van der Waals surface area contributed by atoms with Gasteiger partial charge in [0.25, 0.3) is 0 Å². The Bertz CT molecular complexity index is 711. The Morgan fingerprint density at radius 2 is 1.67 bits per heavy atom. The molecule has 1 aliphatic heterocycles. The van der Waals surface area contributed by atoms with E-state index in [1.54, 1.807) is 0 Å². The van der Waals surface area contributed by atoms with E-state index in [1.807, 2.05) is 42.5 Å². The van der Waals surface area contributed by atoms with E-state index in [0.29, 0.717) is 24.9 Å². The fraction of sp³-hybridized carbons (Fsp3) is 0.316. The first-order chi connectivity index (χ1) is 11.6. The topological polar surface area (TPSA) is 59.6 Å². The van der Waals surface area contributed by atoms with Crippen molar-refractivity contribution in [1.82, 2.24) is 0 Å². The number of hydrogen-bond donors (Lipinski definition) is 2. The molecule has 1 heterocycles. The molecule has 0 aliphatic carbocycles. The van der Waals surface area contributed by atoms with Gasteiger partial charge in [0.15, 0.2) is 11.5 Å². The molecule has 0 saturated carbocycles. The van der Waals surface area contributed by atoms with Crippen molar-refractivity contribution in [1.29, 1.82) is 0 Å². The fourth-order valence-corrected chi connectivity index (χ4v) is 2.49. The van der Waals surface area contributed by atoms with Crippen molar-refractivity contribution in [2.45, 2.75) is 19.8 Å². The molecule has 5 nitrogen and oxygen atoms in total. The second kappa shape index (κ2) is 7.25. The van der Waals surface area contributed by atoms with Gasteiger partial charge in [0.05, 0.1) is 6.54 Å². The summed E-state index contributed by atoms with van der Waals surface area (Å²) < 4.78 is 11.0. The van der Waals surface area contributed by atoms with Crippen LogP contribution in [0.2, 0.25) is 0 Å². The average Bonchev–Trinajstić information content (AvgIpc) is 2.60. The van der Waals surface area contributed by atoms with Gasteiger partial charge < -0.3 is 20.1 Å². The van der Waals surface area contributed by atoms with Crippen molar-refractivity contribution in [3.05, 3.63) is 48.0 Å². The normalized spacial score (nSPS) is 12.8. The largest absolute Gasteiger partial charge is 0.486 e. The van der Waals surface area contributed by atoms with Crippen molar-refractivity contribution in [3.8, 4) is 11.5 Å². The first kappa shape index (κ1) is 16.2. The number of ether oxygens (including phenoxy) is 2.